The number of hydrogen-bond acceptors (Lipinski definition) is 7. The molecule has 0 saturated carbocycles. The number of piperazine rings is 1. The molecule has 8 nitrogen and oxygen atoms in total. The summed E-state index contributed by atoms with van der Waals surface area (Å²) in [7, 11) is 0. The van der Waals surface area contributed by atoms with Crippen LogP contribution >= 0.6 is 0 Å². The molecule has 0 radical (unpaired) electrons. The van der Waals surface area contributed by atoms with E-state index in [1.54, 1.807) is 12.3 Å². The van der Waals surface area contributed by atoms with Gasteiger partial charge >= 0.3 is 0 Å². The molecule has 4 aromatic rings. The summed E-state index contributed by atoms with van der Waals surface area (Å²) >= 11 is 0. The number of benzene rings is 3. The van der Waals surface area contributed by atoms with Crippen molar-refractivity contribution in [3.05, 3.63) is 109 Å². The van der Waals surface area contributed by atoms with Crippen molar-refractivity contribution in [1.29, 1.82) is 0 Å². The summed E-state index contributed by atoms with van der Waals surface area (Å²) in [5.41, 5.74) is 11.3. The topological polar surface area (TPSA) is 99.7 Å². The highest BCUT2D eigenvalue weighted by molar-refractivity contribution is 5.95. The number of amides is 1. The standard InChI is InChI=1S/C32H33N7O/c1-3-15-34-30(21-33)38-16-18-39(19-17-38)31-22-35-28-14-11-26(20-29(28)37-31)25-9-12-27(13-10-25)36-32(40)23(2)24-7-5-4-6-8-24/h3-15,20-23H,1,16-19,33H2,2H3,(H,36,40)/b30-21+,34-15-. The first-order valence-electron chi connectivity index (χ1n) is 13.4. The largest absolute Gasteiger partial charge is 0.402 e. The fraction of sp³-hybridized carbons (Fsp3) is 0.188. The van der Waals surface area contributed by atoms with Crippen molar-refractivity contribution in [3.8, 4) is 11.1 Å². The van der Waals surface area contributed by atoms with E-state index < -0.39 is 0 Å². The maximum absolute atomic E-state index is 12.7. The SMILES string of the molecule is C=C/C=N\C(=C/N)N1CCN(c2cnc3ccc(-c4ccc(NC(=O)C(C)c5ccccc5)cc4)cc3n2)CC1. The molecule has 1 aromatic heterocycles. The van der Waals surface area contributed by atoms with Crippen molar-refractivity contribution < 1.29 is 4.79 Å². The maximum atomic E-state index is 12.7. The van der Waals surface area contributed by atoms with Crippen LogP contribution in [0.1, 0.15) is 18.4 Å². The quantitative estimate of drug-likeness (QED) is 0.304. The minimum atomic E-state index is -0.234. The lowest BCUT2D eigenvalue weighted by Gasteiger charge is -2.36. The number of allylic oxidation sites excluding steroid dienone is 1. The van der Waals surface area contributed by atoms with Crippen LogP contribution in [0.3, 0.4) is 0 Å². The smallest absolute Gasteiger partial charge is 0.231 e. The number of nitrogens with zero attached hydrogens (tertiary/aromatic N) is 5. The van der Waals surface area contributed by atoms with Crippen LogP contribution in [0, 0.1) is 0 Å². The number of fused-ring (bicyclic) bond motifs is 1. The zero-order valence-corrected chi connectivity index (χ0v) is 22.6. The number of nitrogens with two attached hydrogens (primary N) is 1. The zero-order chi connectivity index (χ0) is 27.9. The van der Waals surface area contributed by atoms with Gasteiger partial charge in [-0.2, -0.15) is 0 Å². The normalized spacial score (nSPS) is 14.9. The highest BCUT2D eigenvalue weighted by Crippen LogP contribution is 2.26. The number of aromatic nitrogens is 2. The van der Waals surface area contributed by atoms with Gasteiger partial charge in [0.25, 0.3) is 0 Å². The van der Waals surface area contributed by atoms with E-state index in [0.29, 0.717) is 0 Å². The number of carbonyl (C=O) groups excluding carboxylic acids is 1. The summed E-state index contributed by atoms with van der Waals surface area (Å²) < 4.78 is 0. The molecule has 1 fully saturated rings. The summed E-state index contributed by atoms with van der Waals surface area (Å²) in [6.07, 6.45) is 6.64. The Morgan fingerprint density at radius 2 is 1.73 bits per heavy atom. The molecule has 0 bridgehead atoms. The number of aliphatic imine (C=N–C) groups is 1. The van der Waals surface area contributed by atoms with Crippen LogP contribution in [0.4, 0.5) is 11.5 Å². The Morgan fingerprint density at radius 3 is 2.42 bits per heavy atom. The molecule has 202 valence electrons. The molecule has 1 aliphatic heterocycles. The number of rotatable bonds is 8. The molecule has 2 heterocycles. The van der Waals surface area contributed by atoms with Gasteiger partial charge in [-0.05, 0) is 47.9 Å². The Morgan fingerprint density at radius 1 is 1.00 bits per heavy atom. The van der Waals surface area contributed by atoms with E-state index in [1.165, 1.54) is 6.20 Å². The Hall–Kier alpha value is -4.98. The average molecular weight is 532 g/mol. The molecule has 1 saturated heterocycles. The van der Waals surface area contributed by atoms with E-state index in [0.717, 1.165) is 71.2 Å². The average Bonchev–Trinajstić information content (AvgIpc) is 3.01. The second kappa shape index (κ2) is 12.3. The second-order valence-corrected chi connectivity index (χ2v) is 9.64. The molecule has 3 N–H and O–H groups in total. The van der Waals surface area contributed by atoms with Gasteiger partial charge in [0.05, 0.1) is 23.1 Å². The molecule has 40 heavy (non-hydrogen) atoms. The van der Waals surface area contributed by atoms with Crippen molar-refractivity contribution in [3.63, 3.8) is 0 Å². The molecule has 0 aliphatic carbocycles. The Labute approximate surface area is 234 Å². The summed E-state index contributed by atoms with van der Waals surface area (Å²) in [6.45, 7) is 8.72. The van der Waals surface area contributed by atoms with Gasteiger partial charge in [-0.3, -0.25) is 9.78 Å². The van der Waals surface area contributed by atoms with Crippen molar-refractivity contribution >= 4 is 34.7 Å². The van der Waals surface area contributed by atoms with Crippen LogP contribution in [0.15, 0.2) is 109 Å². The van der Waals surface area contributed by atoms with Crippen molar-refractivity contribution in [2.75, 3.05) is 36.4 Å². The lowest BCUT2D eigenvalue weighted by atomic mass is 10.0. The van der Waals surface area contributed by atoms with Crippen molar-refractivity contribution in [2.45, 2.75) is 12.8 Å². The van der Waals surface area contributed by atoms with Gasteiger partial charge < -0.3 is 20.9 Å². The molecule has 8 heteroatoms. The summed E-state index contributed by atoms with van der Waals surface area (Å²) in [5, 5.41) is 3.02. The predicted molar refractivity (Wildman–Crippen MR) is 163 cm³/mol. The van der Waals surface area contributed by atoms with Crippen LogP contribution in [0.2, 0.25) is 0 Å². The number of hydrogen-bond donors (Lipinski definition) is 2. The van der Waals surface area contributed by atoms with Crippen LogP contribution in [0.5, 0.6) is 0 Å². The van der Waals surface area contributed by atoms with E-state index in [1.807, 2.05) is 79.9 Å². The van der Waals surface area contributed by atoms with Gasteiger partial charge in [0.1, 0.15) is 11.6 Å². The fourth-order valence-electron chi connectivity index (χ4n) is 4.75. The molecule has 1 aliphatic rings. The highest BCUT2D eigenvalue weighted by atomic mass is 16.1. The number of nitrogens with one attached hydrogen (secondary N) is 1. The van der Waals surface area contributed by atoms with Crippen molar-refractivity contribution in [1.82, 2.24) is 14.9 Å². The van der Waals surface area contributed by atoms with E-state index in [-0.39, 0.29) is 11.8 Å². The lowest BCUT2D eigenvalue weighted by Crippen LogP contribution is -2.46. The molecule has 5 rings (SSSR count). The highest BCUT2D eigenvalue weighted by Gasteiger charge is 2.20. The summed E-state index contributed by atoms with van der Waals surface area (Å²) in [6, 6.07) is 23.8. The Balaban J connectivity index is 1.27. The lowest BCUT2D eigenvalue weighted by molar-refractivity contribution is -0.117. The van der Waals surface area contributed by atoms with E-state index in [9.17, 15) is 4.79 Å². The molecule has 1 amide bonds. The van der Waals surface area contributed by atoms with Gasteiger partial charge in [-0.1, -0.05) is 61.2 Å². The maximum Gasteiger partial charge on any atom is 0.231 e. The number of carbonyl (C=O) groups is 1. The first-order chi connectivity index (χ1) is 19.6. The van der Waals surface area contributed by atoms with Crippen LogP contribution in [-0.4, -0.2) is 53.2 Å². The van der Waals surface area contributed by atoms with Crippen LogP contribution in [0.25, 0.3) is 22.2 Å². The Bertz CT molecular complexity index is 1540. The molecular weight excluding hydrogens is 498 g/mol. The third-order valence-corrected chi connectivity index (χ3v) is 7.10. The van der Waals surface area contributed by atoms with Gasteiger partial charge in [0.2, 0.25) is 5.91 Å². The third kappa shape index (κ3) is 6.02. The van der Waals surface area contributed by atoms with Gasteiger partial charge in [0.15, 0.2) is 0 Å². The second-order valence-electron chi connectivity index (χ2n) is 9.64. The Kier molecular flexibility index (Phi) is 8.15. The minimum absolute atomic E-state index is 0.0342. The minimum Gasteiger partial charge on any atom is -0.402 e. The monoisotopic (exact) mass is 531 g/mol. The van der Waals surface area contributed by atoms with E-state index in [4.69, 9.17) is 10.7 Å². The molecule has 3 aromatic carbocycles. The predicted octanol–water partition coefficient (Wildman–Crippen LogP) is 5.18. The molecule has 1 unspecified atom stereocenters. The molecule has 1 atom stereocenters. The molecular formula is C32H33N7O. The van der Waals surface area contributed by atoms with Crippen LogP contribution in [-0.2, 0) is 4.79 Å². The van der Waals surface area contributed by atoms with E-state index >= 15 is 0 Å². The number of anilines is 2. The first kappa shape index (κ1) is 26.6. The fourth-order valence-corrected chi connectivity index (χ4v) is 4.75. The van der Waals surface area contributed by atoms with Gasteiger partial charge in [-0.15, -0.1) is 0 Å². The summed E-state index contributed by atoms with van der Waals surface area (Å²) in [4.78, 5) is 31.1. The van der Waals surface area contributed by atoms with Gasteiger partial charge in [-0.25, -0.2) is 9.98 Å². The molecule has 0 spiro atoms. The third-order valence-electron chi connectivity index (χ3n) is 7.10. The summed E-state index contributed by atoms with van der Waals surface area (Å²) in [5.74, 6) is 1.32. The first-order valence-corrected chi connectivity index (χ1v) is 13.4. The zero-order valence-electron chi connectivity index (χ0n) is 22.6. The van der Waals surface area contributed by atoms with Crippen molar-refractivity contribution in [2.24, 2.45) is 10.7 Å². The van der Waals surface area contributed by atoms with Crippen LogP contribution < -0.4 is 16.0 Å². The van der Waals surface area contributed by atoms with E-state index in [2.05, 4.69) is 37.7 Å². The van der Waals surface area contributed by atoms with Gasteiger partial charge in [0, 0.05) is 44.3 Å².